The fourth-order valence-electron chi connectivity index (χ4n) is 3.22. The van der Waals surface area contributed by atoms with Crippen molar-refractivity contribution in [1.82, 2.24) is 14.9 Å². The number of hydrogen-bond acceptors (Lipinski definition) is 7. The van der Waals surface area contributed by atoms with Crippen LogP contribution < -0.4 is 4.74 Å². The van der Waals surface area contributed by atoms with Gasteiger partial charge in [-0.2, -0.15) is 0 Å². The number of methoxy groups -OCH3 is 1. The average Bonchev–Trinajstić information content (AvgIpc) is 3.06. The van der Waals surface area contributed by atoms with Crippen molar-refractivity contribution in [2.45, 2.75) is 43.3 Å². The number of carbonyl (C=O) groups is 1. The number of halogens is 1. The van der Waals surface area contributed by atoms with E-state index in [-0.39, 0.29) is 34.0 Å². The lowest BCUT2D eigenvalue weighted by Gasteiger charge is -2.28. The first-order valence-electron chi connectivity index (χ1n) is 9.52. The van der Waals surface area contributed by atoms with E-state index in [0.717, 1.165) is 5.56 Å². The molecule has 1 aromatic heterocycles. The number of hydrogen-bond donors (Lipinski definition) is 0. The van der Waals surface area contributed by atoms with Crippen molar-refractivity contribution in [2.75, 3.05) is 18.6 Å². The quantitative estimate of drug-likeness (QED) is 0.453. The molecular formula is C20H24ClN3O4S2. The second-order valence-corrected chi connectivity index (χ2v) is 11.5. The predicted molar refractivity (Wildman–Crippen MR) is 118 cm³/mol. The molecule has 3 rings (SSSR count). The van der Waals surface area contributed by atoms with E-state index < -0.39 is 21.8 Å². The van der Waals surface area contributed by atoms with Gasteiger partial charge in [0, 0.05) is 17.8 Å². The van der Waals surface area contributed by atoms with E-state index in [2.05, 4.69) is 9.97 Å². The maximum absolute atomic E-state index is 13.5. The van der Waals surface area contributed by atoms with Crippen molar-refractivity contribution >= 4 is 39.1 Å². The van der Waals surface area contributed by atoms with E-state index in [9.17, 15) is 13.2 Å². The third-order valence-corrected chi connectivity index (χ3v) is 7.59. The Bertz CT molecular complexity index is 1010. The highest BCUT2D eigenvalue weighted by Gasteiger charge is 2.36. The van der Waals surface area contributed by atoms with Gasteiger partial charge in [0.05, 0.1) is 29.8 Å². The molecule has 1 saturated heterocycles. The van der Waals surface area contributed by atoms with Gasteiger partial charge in [0.25, 0.3) is 5.91 Å². The minimum Gasteiger partial charge on any atom is -0.497 e. The Kier molecular flexibility index (Phi) is 7.26. The van der Waals surface area contributed by atoms with Crippen molar-refractivity contribution in [3.63, 3.8) is 0 Å². The van der Waals surface area contributed by atoms with Gasteiger partial charge in [-0.25, -0.2) is 18.4 Å². The highest BCUT2D eigenvalue weighted by molar-refractivity contribution is 7.99. The van der Waals surface area contributed by atoms with Gasteiger partial charge < -0.3 is 9.64 Å². The first-order chi connectivity index (χ1) is 14.2. The largest absolute Gasteiger partial charge is 0.497 e. The zero-order valence-corrected chi connectivity index (χ0v) is 19.4. The molecule has 162 valence electrons. The van der Waals surface area contributed by atoms with Gasteiger partial charge in [-0.05, 0) is 24.1 Å². The van der Waals surface area contributed by atoms with Crippen LogP contribution in [0.25, 0.3) is 0 Å². The summed E-state index contributed by atoms with van der Waals surface area (Å²) in [5, 5.41) is 0.847. The van der Waals surface area contributed by atoms with Crippen LogP contribution in [0.15, 0.2) is 35.6 Å². The summed E-state index contributed by atoms with van der Waals surface area (Å²) in [7, 11) is -1.60. The first kappa shape index (κ1) is 22.8. The van der Waals surface area contributed by atoms with Crippen molar-refractivity contribution < 1.29 is 17.9 Å². The minimum atomic E-state index is -3.18. The Morgan fingerprint density at radius 2 is 2.03 bits per heavy atom. The standard InChI is InChI=1S/C20H24ClN3O4S2/c1-13(2)29-20-22-10-17(21)18(23-20)19(25)24(15-8-9-30(26,27)12-15)11-14-4-6-16(28-3)7-5-14/h4-7,10,13,15H,8-9,11-12H2,1-3H3/t15-/m1/s1. The smallest absolute Gasteiger partial charge is 0.274 e. The summed E-state index contributed by atoms with van der Waals surface area (Å²) in [5.41, 5.74) is 0.947. The molecule has 0 bridgehead atoms. The second-order valence-electron chi connectivity index (χ2n) is 7.35. The molecule has 0 radical (unpaired) electrons. The van der Waals surface area contributed by atoms with E-state index >= 15 is 0 Å². The van der Waals surface area contributed by atoms with Gasteiger partial charge in [0.2, 0.25) is 0 Å². The molecule has 0 aliphatic carbocycles. The van der Waals surface area contributed by atoms with Crippen LogP contribution in [0.2, 0.25) is 5.02 Å². The molecular weight excluding hydrogens is 446 g/mol. The number of sulfone groups is 1. The number of benzene rings is 1. The highest BCUT2D eigenvalue weighted by atomic mass is 35.5. The molecule has 1 amide bonds. The van der Waals surface area contributed by atoms with Crippen molar-refractivity contribution in [3.05, 3.63) is 46.7 Å². The Morgan fingerprint density at radius 3 is 2.60 bits per heavy atom. The van der Waals surface area contributed by atoms with Gasteiger partial charge >= 0.3 is 0 Å². The zero-order valence-electron chi connectivity index (χ0n) is 17.0. The van der Waals surface area contributed by atoms with Gasteiger partial charge in [-0.1, -0.05) is 49.3 Å². The third kappa shape index (κ3) is 5.65. The maximum atomic E-state index is 13.5. The Morgan fingerprint density at radius 1 is 1.33 bits per heavy atom. The van der Waals surface area contributed by atoms with Crippen LogP contribution in [0.1, 0.15) is 36.3 Å². The number of aromatic nitrogens is 2. The average molecular weight is 470 g/mol. The summed E-state index contributed by atoms with van der Waals surface area (Å²) in [6.07, 6.45) is 1.81. The SMILES string of the molecule is COc1ccc(CN(C(=O)c2nc(SC(C)C)ncc2Cl)[C@@H]2CCS(=O)(=O)C2)cc1. The zero-order chi connectivity index (χ0) is 21.9. The summed E-state index contributed by atoms with van der Waals surface area (Å²) >= 11 is 7.69. The lowest BCUT2D eigenvalue weighted by Crippen LogP contribution is -2.41. The predicted octanol–water partition coefficient (Wildman–Crippen LogP) is 3.47. The van der Waals surface area contributed by atoms with Gasteiger partial charge in [0.1, 0.15) is 5.75 Å². The van der Waals surface area contributed by atoms with Crippen LogP contribution in [0.3, 0.4) is 0 Å². The van der Waals surface area contributed by atoms with Crippen LogP contribution >= 0.6 is 23.4 Å². The van der Waals surface area contributed by atoms with Crippen LogP contribution in [-0.4, -0.2) is 59.1 Å². The molecule has 2 heterocycles. The summed E-state index contributed by atoms with van der Waals surface area (Å²) in [6, 6.07) is 6.88. The molecule has 1 aromatic carbocycles. The van der Waals surface area contributed by atoms with E-state index in [0.29, 0.717) is 17.3 Å². The second kappa shape index (κ2) is 9.53. The molecule has 2 aromatic rings. The third-order valence-electron chi connectivity index (χ3n) is 4.69. The van der Waals surface area contributed by atoms with Gasteiger partial charge in [-0.15, -0.1) is 0 Å². The fraction of sp³-hybridized carbons (Fsp3) is 0.450. The van der Waals surface area contributed by atoms with Crippen molar-refractivity contribution in [2.24, 2.45) is 0 Å². The molecule has 1 aliphatic heterocycles. The van der Waals surface area contributed by atoms with E-state index in [1.165, 1.54) is 18.0 Å². The fourth-order valence-corrected chi connectivity index (χ4v) is 5.80. The number of carbonyl (C=O) groups excluding carboxylic acids is 1. The number of nitrogens with zero attached hydrogens (tertiary/aromatic N) is 3. The summed E-state index contributed by atoms with van der Waals surface area (Å²) in [6.45, 7) is 4.25. The Labute approximate surface area is 186 Å². The first-order valence-corrected chi connectivity index (χ1v) is 12.6. The number of amides is 1. The van der Waals surface area contributed by atoms with E-state index in [1.807, 2.05) is 26.0 Å². The van der Waals surface area contributed by atoms with Crippen LogP contribution in [0, 0.1) is 0 Å². The molecule has 10 heteroatoms. The molecule has 7 nitrogen and oxygen atoms in total. The number of ether oxygens (including phenoxy) is 1. The lowest BCUT2D eigenvalue weighted by molar-refractivity contribution is 0.0674. The molecule has 1 fully saturated rings. The van der Waals surface area contributed by atoms with E-state index in [4.69, 9.17) is 16.3 Å². The number of rotatable bonds is 7. The van der Waals surface area contributed by atoms with Crippen molar-refractivity contribution in [3.8, 4) is 5.75 Å². The molecule has 0 saturated carbocycles. The summed E-state index contributed by atoms with van der Waals surface area (Å²) in [5.74, 6) is 0.307. The lowest BCUT2D eigenvalue weighted by atomic mass is 10.1. The number of thioether (sulfide) groups is 1. The van der Waals surface area contributed by atoms with Gasteiger partial charge in [0.15, 0.2) is 20.7 Å². The molecule has 1 atom stereocenters. The van der Waals surface area contributed by atoms with Crippen LogP contribution in [0.4, 0.5) is 0 Å². The van der Waals surface area contributed by atoms with Crippen LogP contribution in [-0.2, 0) is 16.4 Å². The molecule has 0 N–H and O–H groups in total. The van der Waals surface area contributed by atoms with E-state index in [1.54, 1.807) is 24.1 Å². The van der Waals surface area contributed by atoms with Gasteiger partial charge in [-0.3, -0.25) is 4.79 Å². The Balaban J connectivity index is 1.93. The summed E-state index contributed by atoms with van der Waals surface area (Å²) < 4.78 is 29.3. The minimum absolute atomic E-state index is 0.0643. The maximum Gasteiger partial charge on any atom is 0.274 e. The topological polar surface area (TPSA) is 89.5 Å². The van der Waals surface area contributed by atoms with Crippen molar-refractivity contribution in [1.29, 1.82) is 0 Å². The molecule has 1 aliphatic rings. The normalized spacial score (nSPS) is 17.8. The molecule has 30 heavy (non-hydrogen) atoms. The van der Waals surface area contributed by atoms with Crippen LogP contribution in [0.5, 0.6) is 5.75 Å². The Hall–Kier alpha value is -1.84. The monoisotopic (exact) mass is 469 g/mol. The molecule has 0 spiro atoms. The molecule has 0 unspecified atom stereocenters. The highest BCUT2D eigenvalue weighted by Crippen LogP contribution is 2.27. The summed E-state index contributed by atoms with van der Waals surface area (Å²) in [4.78, 5) is 23.6.